The van der Waals surface area contributed by atoms with Gasteiger partial charge in [0.25, 0.3) is 0 Å². The highest BCUT2D eigenvalue weighted by Gasteiger charge is 1.97. The van der Waals surface area contributed by atoms with Crippen LogP contribution >= 0.6 is 11.3 Å². The predicted octanol–water partition coefficient (Wildman–Crippen LogP) is 2.90. The van der Waals surface area contributed by atoms with Crippen LogP contribution in [0, 0.1) is 0 Å². The number of thiazole rings is 1. The summed E-state index contributed by atoms with van der Waals surface area (Å²) < 4.78 is 0. The summed E-state index contributed by atoms with van der Waals surface area (Å²) >= 11 is 1.55. The normalized spacial score (nSPS) is 11.8. The van der Waals surface area contributed by atoms with Crippen LogP contribution in [0.3, 0.4) is 0 Å². The van der Waals surface area contributed by atoms with E-state index in [0.717, 1.165) is 10.7 Å². The maximum Gasteiger partial charge on any atom is 0.142 e. The first-order chi connectivity index (χ1) is 5.38. The van der Waals surface area contributed by atoms with Gasteiger partial charge >= 0.3 is 0 Å². The molecule has 0 saturated carbocycles. The van der Waals surface area contributed by atoms with Gasteiger partial charge in [-0.05, 0) is 19.9 Å². The average Bonchev–Trinajstić information content (AvgIpc) is 2.39. The molecule has 58 valence electrons. The van der Waals surface area contributed by atoms with Crippen molar-refractivity contribution in [3.8, 4) is 0 Å². The van der Waals surface area contributed by atoms with E-state index >= 15 is 0 Å². The molecule has 1 aromatic rings. The van der Waals surface area contributed by atoms with Gasteiger partial charge in [0.2, 0.25) is 0 Å². The lowest BCUT2D eigenvalue weighted by molar-refractivity contribution is 1.36. The van der Waals surface area contributed by atoms with E-state index in [1.165, 1.54) is 0 Å². The van der Waals surface area contributed by atoms with Crippen LogP contribution in [-0.2, 0) is 0 Å². The second kappa shape index (κ2) is 4.03. The molecule has 0 saturated heterocycles. The third kappa shape index (κ3) is 1.98. The fourth-order valence-electron chi connectivity index (χ4n) is 0.735. The van der Waals surface area contributed by atoms with Crippen LogP contribution in [0.15, 0.2) is 16.6 Å². The van der Waals surface area contributed by atoms with E-state index in [0.29, 0.717) is 0 Å². The van der Waals surface area contributed by atoms with Crippen LogP contribution in [0.5, 0.6) is 0 Å². The molecule has 0 spiro atoms. The van der Waals surface area contributed by atoms with E-state index in [2.05, 4.69) is 9.98 Å². The van der Waals surface area contributed by atoms with Crippen molar-refractivity contribution in [2.45, 2.75) is 13.8 Å². The van der Waals surface area contributed by atoms with Crippen LogP contribution in [-0.4, -0.2) is 11.2 Å². The number of rotatable bonds is 2. The number of aromatic nitrogens is 1. The van der Waals surface area contributed by atoms with E-state index in [9.17, 15) is 0 Å². The summed E-state index contributed by atoms with van der Waals surface area (Å²) in [4.78, 5) is 8.31. The molecule has 0 aliphatic rings. The van der Waals surface area contributed by atoms with Crippen LogP contribution in [0.1, 0.15) is 19.5 Å². The monoisotopic (exact) mass is 166 g/mol. The minimum Gasteiger partial charge on any atom is -0.248 e. The highest BCUT2D eigenvalue weighted by Crippen LogP contribution is 2.24. The molecule has 0 amide bonds. The Labute approximate surface area is 70.3 Å². The lowest BCUT2D eigenvalue weighted by atomic mass is 10.4. The van der Waals surface area contributed by atoms with Crippen molar-refractivity contribution in [2.75, 3.05) is 0 Å². The van der Waals surface area contributed by atoms with E-state index in [4.69, 9.17) is 0 Å². The molecule has 2 nitrogen and oxygen atoms in total. The third-order valence-electron chi connectivity index (χ3n) is 1.15. The molecular formula is C8H10N2S. The standard InChI is InChI=1S/C8H10N2S/c1-3-5-7-8(9-4-2)11-6-10-7/h3-6H,1-2H3/b5-3-,9-4-. The molecule has 1 rings (SSSR count). The van der Waals surface area contributed by atoms with Crippen LogP contribution in [0.25, 0.3) is 6.08 Å². The van der Waals surface area contributed by atoms with E-state index in [1.54, 1.807) is 23.1 Å². The van der Waals surface area contributed by atoms with Crippen molar-refractivity contribution in [3.05, 3.63) is 17.3 Å². The lowest BCUT2D eigenvalue weighted by Gasteiger charge is -1.85. The second-order valence-corrected chi connectivity index (χ2v) is 2.76. The van der Waals surface area contributed by atoms with Crippen molar-refractivity contribution < 1.29 is 0 Å². The van der Waals surface area contributed by atoms with Gasteiger partial charge in [0.05, 0.1) is 11.2 Å². The zero-order valence-electron chi connectivity index (χ0n) is 6.61. The Morgan fingerprint density at radius 1 is 1.55 bits per heavy atom. The van der Waals surface area contributed by atoms with E-state index in [-0.39, 0.29) is 0 Å². The molecule has 3 heteroatoms. The van der Waals surface area contributed by atoms with Crippen molar-refractivity contribution in [1.82, 2.24) is 4.98 Å². The number of hydrogen-bond acceptors (Lipinski definition) is 3. The lowest BCUT2D eigenvalue weighted by Crippen LogP contribution is -1.68. The van der Waals surface area contributed by atoms with Crippen LogP contribution in [0.2, 0.25) is 0 Å². The second-order valence-electron chi connectivity index (χ2n) is 1.93. The van der Waals surface area contributed by atoms with E-state index in [1.807, 2.05) is 26.0 Å². The molecule has 0 bridgehead atoms. The molecule has 11 heavy (non-hydrogen) atoms. The number of allylic oxidation sites excluding steroid dienone is 1. The number of hydrogen-bond donors (Lipinski definition) is 0. The average molecular weight is 166 g/mol. The Balaban J connectivity index is 2.95. The summed E-state index contributed by atoms with van der Waals surface area (Å²) in [6.07, 6.45) is 5.70. The molecular weight excluding hydrogens is 156 g/mol. The largest absolute Gasteiger partial charge is 0.248 e. The Morgan fingerprint density at radius 2 is 2.36 bits per heavy atom. The summed E-state index contributed by atoms with van der Waals surface area (Å²) in [7, 11) is 0. The smallest absolute Gasteiger partial charge is 0.142 e. The molecule has 1 aromatic heterocycles. The van der Waals surface area contributed by atoms with Gasteiger partial charge in [-0.1, -0.05) is 6.08 Å². The summed E-state index contributed by atoms with van der Waals surface area (Å²) in [5.41, 5.74) is 2.76. The van der Waals surface area contributed by atoms with Gasteiger partial charge < -0.3 is 0 Å². The molecule has 0 aliphatic heterocycles. The molecule has 1 heterocycles. The zero-order valence-corrected chi connectivity index (χ0v) is 7.43. The molecule has 0 aromatic carbocycles. The summed E-state index contributed by atoms with van der Waals surface area (Å²) in [6.45, 7) is 3.87. The predicted molar refractivity (Wildman–Crippen MR) is 50.6 cm³/mol. The molecule has 0 aliphatic carbocycles. The fourth-order valence-corrected chi connectivity index (χ4v) is 1.41. The van der Waals surface area contributed by atoms with Gasteiger partial charge in [-0.15, -0.1) is 11.3 Å². The summed E-state index contributed by atoms with van der Waals surface area (Å²) in [5, 5.41) is 0.977. The summed E-state index contributed by atoms with van der Waals surface area (Å²) in [6, 6.07) is 0. The Bertz CT molecular complexity index is 247. The van der Waals surface area contributed by atoms with Gasteiger partial charge in [-0.3, -0.25) is 0 Å². The SMILES string of the molecule is C/C=C\c1ncsc1/N=C\C. The van der Waals surface area contributed by atoms with Crippen molar-refractivity contribution in [2.24, 2.45) is 4.99 Å². The molecule has 0 unspecified atom stereocenters. The van der Waals surface area contributed by atoms with Crippen LogP contribution < -0.4 is 0 Å². The first-order valence-corrected chi connectivity index (χ1v) is 4.31. The van der Waals surface area contributed by atoms with Crippen molar-refractivity contribution in [1.29, 1.82) is 0 Å². The van der Waals surface area contributed by atoms with Gasteiger partial charge in [0.15, 0.2) is 0 Å². The Kier molecular flexibility index (Phi) is 2.98. The fraction of sp³-hybridized carbons (Fsp3) is 0.250. The number of nitrogens with zero attached hydrogens (tertiary/aromatic N) is 2. The van der Waals surface area contributed by atoms with Crippen molar-refractivity contribution in [3.63, 3.8) is 0 Å². The van der Waals surface area contributed by atoms with Gasteiger partial charge in [0.1, 0.15) is 5.00 Å². The maximum atomic E-state index is 4.16. The highest BCUT2D eigenvalue weighted by molar-refractivity contribution is 7.13. The minimum atomic E-state index is 0.954. The minimum absolute atomic E-state index is 0.954. The quantitative estimate of drug-likeness (QED) is 0.620. The topological polar surface area (TPSA) is 25.2 Å². The summed E-state index contributed by atoms with van der Waals surface area (Å²) in [5.74, 6) is 0. The zero-order chi connectivity index (χ0) is 8.10. The van der Waals surface area contributed by atoms with E-state index < -0.39 is 0 Å². The third-order valence-corrected chi connectivity index (χ3v) is 1.89. The Morgan fingerprint density at radius 3 is 3.00 bits per heavy atom. The maximum absolute atomic E-state index is 4.16. The number of aliphatic imine (C=N–C) groups is 1. The van der Waals surface area contributed by atoms with Gasteiger partial charge in [-0.25, -0.2) is 9.98 Å². The van der Waals surface area contributed by atoms with Crippen molar-refractivity contribution >= 4 is 28.6 Å². The molecule has 0 atom stereocenters. The van der Waals surface area contributed by atoms with Crippen LogP contribution in [0.4, 0.5) is 5.00 Å². The first-order valence-electron chi connectivity index (χ1n) is 3.43. The van der Waals surface area contributed by atoms with Gasteiger partial charge in [0, 0.05) is 6.21 Å². The first kappa shape index (κ1) is 8.14. The Hall–Kier alpha value is -0.960. The molecule has 0 radical (unpaired) electrons. The molecule has 0 fully saturated rings. The highest BCUT2D eigenvalue weighted by atomic mass is 32.1. The molecule has 0 N–H and O–H groups in total. The van der Waals surface area contributed by atoms with Gasteiger partial charge in [-0.2, -0.15) is 0 Å².